The molecule has 0 bridgehead atoms. The van der Waals surface area contributed by atoms with E-state index in [0.29, 0.717) is 18.3 Å². The molecule has 0 aromatic heterocycles. The first-order valence-electron chi connectivity index (χ1n) is 8.63. The lowest BCUT2D eigenvalue weighted by molar-refractivity contribution is 0.559. The van der Waals surface area contributed by atoms with Crippen molar-refractivity contribution in [1.82, 2.24) is 10.6 Å². The molecule has 2 aliphatic rings. The van der Waals surface area contributed by atoms with Crippen molar-refractivity contribution < 1.29 is 8.42 Å². The minimum absolute atomic E-state index is 0.176. The fraction of sp³-hybridized carbons (Fsp3) is 0.588. The molecule has 0 radical (unpaired) electrons. The largest absolute Gasteiger partial charge is 0.369 e. The molecule has 1 aromatic rings. The zero-order chi connectivity index (χ0) is 17.9. The van der Waals surface area contributed by atoms with Gasteiger partial charge < -0.3 is 15.5 Å². The van der Waals surface area contributed by atoms with Crippen molar-refractivity contribution in [3.05, 3.63) is 29.3 Å². The zero-order valence-electron chi connectivity index (χ0n) is 14.4. The minimum atomic E-state index is -2.83. The van der Waals surface area contributed by atoms with Gasteiger partial charge in [0, 0.05) is 43.4 Å². The van der Waals surface area contributed by atoms with Crippen LogP contribution in [0.4, 0.5) is 5.69 Å². The van der Waals surface area contributed by atoms with Crippen molar-refractivity contribution in [2.75, 3.05) is 43.1 Å². The molecule has 1 aromatic carbocycles. The fourth-order valence-electron chi connectivity index (χ4n) is 3.45. The zero-order valence-corrected chi connectivity index (χ0v) is 16.0. The average Bonchev–Trinajstić information content (AvgIpc) is 3.17. The summed E-state index contributed by atoms with van der Waals surface area (Å²) in [6.07, 6.45) is 1.75. The molecule has 8 heteroatoms. The van der Waals surface area contributed by atoms with Crippen LogP contribution in [0.3, 0.4) is 0 Å². The normalized spacial score (nSPS) is 26.0. The molecule has 2 aliphatic heterocycles. The molecule has 2 N–H and O–H groups in total. The molecule has 0 saturated carbocycles. The van der Waals surface area contributed by atoms with Crippen molar-refractivity contribution in [2.45, 2.75) is 18.9 Å². The number of benzene rings is 1. The lowest BCUT2D eigenvalue weighted by atomic mass is 10.1. The van der Waals surface area contributed by atoms with E-state index < -0.39 is 9.84 Å². The highest BCUT2D eigenvalue weighted by molar-refractivity contribution is 7.91. The maximum absolute atomic E-state index is 11.5. The Morgan fingerprint density at radius 1 is 1.40 bits per heavy atom. The van der Waals surface area contributed by atoms with Crippen molar-refractivity contribution in [2.24, 2.45) is 10.9 Å². The van der Waals surface area contributed by atoms with E-state index in [2.05, 4.69) is 26.6 Å². The van der Waals surface area contributed by atoms with E-state index in [9.17, 15) is 8.42 Å². The first-order valence-corrected chi connectivity index (χ1v) is 10.8. The quantitative estimate of drug-likeness (QED) is 0.608. The number of sulfone groups is 1. The van der Waals surface area contributed by atoms with Crippen LogP contribution in [0.5, 0.6) is 0 Å². The summed E-state index contributed by atoms with van der Waals surface area (Å²) in [6.45, 7) is 2.50. The average molecular weight is 385 g/mol. The molecule has 2 atom stereocenters. The number of nitrogens with one attached hydrogen (secondary N) is 2. The van der Waals surface area contributed by atoms with Crippen molar-refractivity contribution >= 4 is 33.1 Å². The molecule has 2 unspecified atom stereocenters. The number of halogens is 1. The van der Waals surface area contributed by atoms with Gasteiger partial charge in [-0.25, -0.2) is 8.42 Å². The first-order chi connectivity index (χ1) is 11.9. The van der Waals surface area contributed by atoms with Gasteiger partial charge in [-0.15, -0.1) is 0 Å². The molecule has 2 fully saturated rings. The van der Waals surface area contributed by atoms with E-state index in [4.69, 9.17) is 11.6 Å². The lowest BCUT2D eigenvalue weighted by Gasteiger charge is -2.21. The van der Waals surface area contributed by atoms with Gasteiger partial charge in [0.2, 0.25) is 0 Å². The molecule has 2 heterocycles. The van der Waals surface area contributed by atoms with Crippen LogP contribution in [0, 0.1) is 5.92 Å². The second kappa shape index (κ2) is 7.83. The lowest BCUT2D eigenvalue weighted by Crippen LogP contribution is -2.46. The molecule has 138 valence electrons. The molecule has 6 nitrogen and oxygen atoms in total. The second-order valence-electron chi connectivity index (χ2n) is 6.78. The van der Waals surface area contributed by atoms with Gasteiger partial charge >= 0.3 is 0 Å². The van der Waals surface area contributed by atoms with Crippen LogP contribution in [0.15, 0.2) is 29.3 Å². The van der Waals surface area contributed by atoms with Crippen molar-refractivity contribution in [3.8, 4) is 0 Å². The first kappa shape index (κ1) is 18.3. The summed E-state index contributed by atoms with van der Waals surface area (Å²) in [6, 6.07) is 8.21. The predicted octanol–water partition coefficient (Wildman–Crippen LogP) is 1.52. The Kier molecular flexibility index (Phi) is 5.74. The smallest absolute Gasteiger partial charge is 0.191 e. The number of aliphatic imine (C=N–C) groups is 1. The Balaban J connectivity index is 1.48. The van der Waals surface area contributed by atoms with Crippen LogP contribution in [-0.2, 0) is 9.84 Å². The summed E-state index contributed by atoms with van der Waals surface area (Å²) in [7, 11) is -1.09. The Morgan fingerprint density at radius 3 is 2.92 bits per heavy atom. The maximum Gasteiger partial charge on any atom is 0.191 e. The summed E-state index contributed by atoms with van der Waals surface area (Å²) in [5, 5.41) is 7.46. The number of guanidine groups is 1. The van der Waals surface area contributed by atoms with Crippen LogP contribution in [0.2, 0.25) is 5.02 Å². The van der Waals surface area contributed by atoms with E-state index in [1.807, 2.05) is 18.2 Å². The summed E-state index contributed by atoms with van der Waals surface area (Å²) in [5.74, 6) is 1.50. The van der Waals surface area contributed by atoms with Crippen LogP contribution in [-0.4, -0.2) is 58.6 Å². The maximum atomic E-state index is 11.5. The molecular formula is C17H25ClN4O2S. The van der Waals surface area contributed by atoms with E-state index >= 15 is 0 Å². The van der Waals surface area contributed by atoms with Crippen LogP contribution in [0.1, 0.15) is 12.8 Å². The summed E-state index contributed by atoms with van der Waals surface area (Å²) in [4.78, 5) is 6.57. The van der Waals surface area contributed by atoms with Crippen molar-refractivity contribution in [3.63, 3.8) is 0 Å². The van der Waals surface area contributed by atoms with Gasteiger partial charge in [-0.3, -0.25) is 4.99 Å². The molecule has 0 amide bonds. The van der Waals surface area contributed by atoms with Gasteiger partial charge in [-0.2, -0.15) is 0 Å². The van der Waals surface area contributed by atoms with Gasteiger partial charge in [-0.1, -0.05) is 17.7 Å². The van der Waals surface area contributed by atoms with Crippen LogP contribution in [0.25, 0.3) is 0 Å². The Hall–Kier alpha value is -1.47. The Morgan fingerprint density at radius 2 is 2.24 bits per heavy atom. The third kappa shape index (κ3) is 5.01. The molecular weight excluding hydrogens is 360 g/mol. The number of anilines is 1. The van der Waals surface area contributed by atoms with Gasteiger partial charge in [0.25, 0.3) is 0 Å². The third-order valence-corrected chi connectivity index (χ3v) is 6.88. The van der Waals surface area contributed by atoms with E-state index in [1.165, 1.54) is 0 Å². The highest BCUT2D eigenvalue weighted by Gasteiger charge is 2.28. The number of nitrogens with zero attached hydrogens (tertiary/aromatic N) is 2. The van der Waals surface area contributed by atoms with E-state index in [0.717, 1.165) is 42.6 Å². The van der Waals surface area contributed by atoms with E-state index in [-0.39, 0.29) is 11.7 Å². The molecule has 25 heavy (non-hydrogen) atoms. The molecule has 0 spiro atoms. The number of rotatable bonds is 4. The second-order valence-corrected chi connectivity index (χ2v) is 9.44. The summed E-state index contributed by atoms with van der Waals surface area (Å²) >= 11 is 6.08. The Labute approximate surface area is 154 Å². The summed E-state index contributed by atoms with van der Waals surface area (Å²) in [5.41, 5.74) is 1.14. The highest BCUT2D eigenvalue weighted by Crippen LogP contribution is 2.23. The molecule has 3 rings (SSSR count). The number of hydrogen-bond acceptors (Lipinski definition) is 4. The summed E-state index contributed by atoms with van der Waals surface area (Å²) < 4.78 is 23.1. The fourth-order valence-corrected chi connectivity index (χ4v) is 5.49. The predicted molar refractivity (Wildman–Crippen MR) is 103 cm³/mol. The standard InChI is InChI=1S/C17H25ClN4O2S/c1-19-17(20-10-13-6-8-25(23,24)12-13)21-15-5-7-22(11-15)16-4-2-3-14(18)9-16/h2-4,9,13,15H,5-8,10-12H2,1H3,(H2,19,20,21). The minimum Gasteiger partial charge on any atom is -0.369 e. The van der Waals surface area contributed by atoms with Gasteiger partial charge in [0.05, 0.1) is 11.5 Å². The molecule has 0 aliphatic carbocycles. The molecule has 2 saturated heterocycles. The Bertz CT molecular complexity index is 738. The number of hydrogen-bond donors (Lipinski definition) is 2. The topological polar surface area (TPSA) is 73.8 Å². The van der Waals surface area contributed by atoms with Gasteiger partial charge in [-0.05, 0) is 37.0 Å². The SMILES string of the molecule is CN=C(NCC1CCS(=O)(=O)C1)NC1CCN(c2cccc(Cl)c2)C1. The third-order valence-electron chi connectivity index (χ3n) is 4.81. The van der Waals surface area contributed by atoms with Crippen LogP contribution >= 0.6 is 11.6 Å². The monoisotopic (exact) mass is 384 g/mol. The van der Waals surface area contributed by atoms with Gasteiger partial charge in [0.1, 0.15) is 0 Å². The van der Waals surface area contributed by atoms with Crippen LogP contribution < -0.4 is 15.5 Å². The van der Waals surface area contributed by atoms with E-state index in [1.54, 1.807) is 7.05 Å². The van der Waals surface area contributed by atoms with Gasteiger partial charge in [0.15, 0.2) is 15.8 Å². The highest BCUT2D eigenvalue weighted by atomic mass is 35.5. The van der Waals surface area contributed by atoms with Crippen molar-refractivity contribution in [1.29, 1.82) is 0 Å².